The lowest BCUT2D eigenvalue weighted by atomic mass is 10.2. The zero-order chi connectivity index (χ0) is 18.9. The first kappa shape index (κ1) is 18.2. The Morgan fingerprint density at radius 2 is 1.56 bits per heavy atom. The topological polar surface area (TPSA) is 85.4 Å². The van der Waals surface area contributed by atoms with Crippen molar-refractivity contribution in [1.29, 1.82) is 0 Å². The number of benzene rings is 2. The molecule has 0 fully saturated rings. The molecule has 2 aromatic carbocycles. The fraction of sp³-hybridized carbons (Fsp3) is 0.150. The van der Waals surface area contributed by atoms with E-state index < -0.39 is 0 Å². The summed E-state index contributed by atoms with van der Waals surface area (Å²) in [6, 6.07) is 19.8. The van der Waals surface area contributed by atoms with Gasteiger partial charge in [0.1, 0.15) is 23.9 Å². The summed E-state index contributed by atoms with van der Waals surface area (Å²) in [6.45, 7) is 1.04. The second-order valence-corrected chi connectivity index (χ2v) is 5.57. The van der Waals surface area contributed by atoms with Gasteiger partial charge in [-0.1, -0.05) is 18.2 Å². The average Bonchev–Trinajstić information content (AvgIpc) is 2.73. The number of hydrogen-bond acceptors (Lipinski definition) is 6. The lowest BCUT2D eigenvalue weighted by Crippen LogP contribution is -2.15. The van der Waals surface area contributed by atoms with E-state index in [4.69, 9.17) is 9.47 Å². The number of nitrogens with one attached hydrogen (secondary N) is 2. The molecule has 0 atom stereocenters. The van der Waals surface area contributed by atoms with Gasteiger partial charge < -0.3 is 20.1 Å². The Morgan fingerprint density at radius 1 is 0.889 bits per heavy atom. The number of aromatic nitrogens is 2. The van der Waals surface area contributed by atoms with Crippen molar-refractivity contribution in [2.24, 2.45) is 0 Å². The Labute approximate surface area is 157 Å². The number of methoxy groups -OCH3 is 1. The molecule has 0 saturated carbocycles. The van der Waals surface area contributed by atoms with Crippen LogP contribution >= 0.6 is 0 Å². The van der Waals surface area contributed by atoms with Crippen molar-refractivity contribution < 1.29 is 14.3 Å². The van der Waals surface area contributed by atoms with E-state index >= 15 is 0 Å². The maximum Gasteiger partial charge on any atom is 0.256 e. The highest BCUT2D eigenvalue weighted by molar-refractivity contribution is 6.03. The first-order chi connectivity index (χ1) is 13.2. The van der Waals surface area contributed by atoms with Crippen molar-refractivity contribution in [2.45, 2.75) is 0 Å². The summed E-state index contributed by atoms with van der Waals surface area (Å²) in [4.78, 5) is 12.1. The minimum absolute atomic E-state index is 0.224. The molecule has 1 amide bonds. The third-order valence-corrected chi connectivity index (χ3v) is 3.68. The first-order valence-corrected chi connectivity index (χ1v) is 8.45. The number of amides is 1. The largest absolute Gasteiger partial charge is 0.497 e. The number of anilines is 2. The number of carbonyl (C=O) groups is 1. The highest BCUT2D eigenvalue weighted by Gasteiger charge is 2.06. The van der Waals surface area contributed by atoms with Crippen LogP contribution in [0.3, 0.4) is 0 Å². The van der Waals surface area contributed by atoms with Crippen LogP contribution in [0.2, 0.25) is 0 Å². The van der Waals surface area contributed by atoms with Crippen LogP contribution in [0.15, 0.2) is 66.7 Å². The number of carbonyl (C=O) groups excluding carboxylic acids is 1. The van der Waals surface area contributed by atoms with E-state index in [1.54, 1.807) is 31.4 Å². The Balaban J connectivity index is 1.43. The van der Waals surface area contributed by atoms with Gasteiger partial charge in [-0.25, -0.2) is 0 Å². The van der Waals surface area contributed by atoms with Crippen LogP contribution in [0.1, 0.15) is 10.4 Å². The lowest BCUT2D eigenvalue weighted by Gasteiger charge is -2.09. The Kier molecular flexibility index (Phi) is 6.19. The van der Waals surface area contributed by atoms with Crippen LogP contribution in [0.5, 0.6) is 11.5 Å². The van der Waals surface area contributed by atoms with Gasteiger partial charge in [0.15, 0.2) is 5.82 Å². The van der Waals surface area contributed by atoms with E-state index in [1.165, 1.54) is 0 Å². The monoisotopic (exact) mass is 364 g/mol. The predicted molar refractivity (Wildman–Crippen MR) is 103 cm³/mol. The highest BCUT2D eigenvalue weighted by atomic mass is 16.5. The molecule has 0 spiro atoms. The summed E-state index contributed by atoms with van der Waals surface area (Å²) < 4.78 is 10.7. The second-order valence-electron chi connectivity index (χ2n) is 5.57. The van der Waals surface area contributed by atoms with Gasteiger partial charge in [0, 0.05) is 5.56 Å². The van der Waals surface area contributed by atoms with E-state index in [-0.39, 0.29) is 5.91 Å². The zero-order valence-corrected chi connectivity index (χ0v) is 14.9. The molecule has 0 bridgehead atoms. The summed E-state index contributed by atoms with van der Waals surface area (Å²) in [5, 5.41) is 13.9. The summed E-state index contributed by atoms with van der Waals surface area (Å²) >= 11 is 0. The number of rotatable bonds is 8. The van der Waals surface area contributed by atoms with Crippen LogP contribution in [-0.4, -0.2) is 36.4 Å². The molecule has 1 heterocycles. The molecule has 1 aromatic heterocycles. The van der Waals surface area contributed by atoms with Gasteiger partial charge in [-0.15, -0.1) is 10.2 Å². The maximum atomic E-state index is 12.1. The van der Waals surface area contributed by atoms with Gasteiger partial charge in [0.05, 0.1) is 13.7 Å². The van der Waals surface area contributed by atoms with Crippen molar-refractivity contribution in [1.82, 2.24) is 10.2 Å². The molecule has 3 aromatic rings. The minimum Gasteiger partial charge on any atom is -0.497 e. The van der Waals surface area contributed by atoms with Gasteiger partial charge in [-0.2, -0.15) is 0 Å². The fourth-order valence-electron chi connectivity index (χ4n) is 2.29. The normalized spacial score (nSPS) is 10.1. The molecule has 138 valence electrons. The quantitative estimate of drug-likeness (QED) is 0.597. The molecule has 27 heavy (non-hydrogen) atoms. The molecule has 0 saturated heterocycles. The number of nitrogens with zero attached hydrogens (tertiary/aromatic N) is 2. The van der Waals surface area contributed by atoms with Crippen LogP contribution < -0.4 is 20.1 Å². The number of ether oxygens (including phenoxy) is 2. The van der Waals surface area contributed by atoms with Crippen LogP contribution in [0.4, 0.5) is 11.6 Å². The van der Waals surface area contributed by atoms with Crippen LogP contribution in [0.25, 0.3) is 0 Å². The van der Waals surface area contributed by atoms with Crippen molar-refractivity contribution in [3.8, 4) is 11.5 Å². The predicted octanol–water partition coefficient (Wildman–Crippen LogP) is 3.23. The third-order valence-electron chi connectivity index (χ3n) is 3.68. The molecule has 7 nitrogen and oxygen atoms in total. The average molecular weight is 364 g/mol. The van der Waals surface area contributed by atoms with Crippen LogP contribution in [-0.2, 0) is 0 Å². The Bertz CT molecular complexity index is 853. The fourth-order valence-corrected chi connectivity index (χ4v) is 2.29. The lowest BCUT2D eigenvalue weighted by molar-refractivity contribution is 0.102. The van der Waals surface area contributed by atoms with Crippen LogP contribution in [0, 0.1) is 0 Å². The smallest absolute Gasteiger partial charge is 0.256 e. The highest BCUT2D eigenvalue weighted by Crippen LogP contribution is 2.16. The molecule has 0 unspecified atom stereocenters. The van der Waals surface area contributed by atoms with Gasteiger partial charge in [-0.05, 0) is 48.5 Å². The molecule has 0 aliphatic heterocycles. The Morgan fingerprint density at radius 3 is 2.22 bits per heavy atom. The van der Waals surface area contributed by atoms with E-state index in [2.05, 4.69) is 20.8 Å². The van der Waals surface area contributed by atoms with E-state index in [9.17, 15) is 4.79 Å². The van der Waals surface area contributed by atoms with E-state index in [0.717, 1.165) is 11.5 Å². The molecule has 0 aliphatic carbocycles. The van der Waals surface area contributed by atoms with Crippen molar-refractivity contribution in [3.63, 3.8) is 0 Å². The van der Waals surface area contributed by atoms with Gasteiger partial charge in [0.2, 0.25) is 0 Å². The molecule has 0 aliphatic rings. The standard InChI is InChI=1S/C20H20N4O3/c1-26-16-7-9-17(10-8-16)27-14-13-21-18-11-12-19(24-23-18)22-20(25)15-5-3-2-4-6-15/h2-12H,13-14H2,1H3,(H,21,23)(H,22,24,25). The summed E-state index contributed by atoms with van der Waals surface area (Å²) in [5.74, 6) is 2.33. The summed E-state index contributed by atoms with van der Waals surface area (Å²) in [6.07, 6.45) is 0. The van der Waals surface area contributed by atoms with Gasteiger partial charge in [-0.3, -0.25) is 4.79 Å². The van der Waals surface area contributed by atoms with Gasteiger partial charge >= 0.3 is 0 Å². The maximum absolute atomic E-state index is 12.1. The zero-order valence-electron chi connectivity index (χ0n) is 14.9. The molecule has 0 radical (unpaired) electrons. The summed E-state index contributed by atoms with van der Waals surface area (Å²) in [7, 11) is 1.62. The Hall–Kier alpha value is -3.61. The summed E-state index contributed by atoms with van der Waals surface area (Å²) in [5.41, 5.74) is 0.567. The molecular weight excluding hydrogens is 344 g/mol. The van der Waals surface area contributed by atoms with Crippen molar-refractivity contribution >= 4 is 17.5 Å². The first-order valence-electron chi connectivity index (χ1n) is 8.45. The molecule has 7 heteroatoms. The third kappa shape index (κ3) is 5.43. The van der Waals surface area contributed by atoms with Crippen molar-refractivity contribution in [3.05, 3.63) is 72.3 Å². The molecular formula is C20H20N4O3. The van der Waals surface area contributed by atoms with Crippen molar-refractivity contribution in [2.75, 3.05) is 30.9 Å². The molecule has 3 rings (SSSR count). The van der Waals surface area contributed by atoms with E-state index in [0.29, 0.717) is 30.4 Å². The van der Waals surface area contributed by atoms with Gasteiger partial charge in [0.25, 0.3) is 5.91 Å². The van der Waals surface area contributed by atoms with E-state index in [1.807, 2.05) is 42.5 Å². The molecule has 2 N–H and O–H groups in total. The second kappa shape index (κ2) is 9.19. The minimum atomic E-state index is -0.224. The number of hydrogen-bond donors (Lipinski definition) is 2. The SMILES string of the molecule is COc1ccc(OCCNc2ccc(NC(=O)c3ccccc3)nn2)cc1.